The van der Waals surface area contributed by atoms with Crippen molar-refractivity contribution in [1.29, 1.82) is 0 Å². The zero-order valence-corrected chi connectivity index (χ0v) is 10.5. The summed E-state index contributed by atoms with van der Waals surface area (Å²) < 4.78 is 1.76. The minimum atomic E-state index is -0.00454. The first-order valence-electron chi connectivity index (χ1n) is 5.99. The lowest BCUT2D eigenvalue weighted by molar-refractivity contribution is 0.101. The maximum atomic E-state index is 11.3. The molecule has 0 radical (unpaired) electrons. The van der Waals surface area contributed by atoms with E-state index in [9.17, 15) is 4.79 Å². The molecule has 0 aliphatic heterocycles. The monoisotopic (exact) mass is 250 g/mol. The molecule has 0 saturated heterocycles. The molecule has 0 aromatic carbocycles. The fourth-order valence-corrected chi connectivity index (χ4v) is 3.13. The van der Waals surface area contributed by atoms with E-state index in [-0.39, 0.29) is 5.78 Å². The third-order valence-electron chi connectivity index (χ3n) is 3.29. The number of hydrogen-bond donors (Lipinski definition) is 0. The molecule has 2 aromatic heterocycles. The van der Waals surface area contributed by atoms with E-state index in [2.05, 4.69) is 15.3 Å². The predicted molar refractivity (Wildman–Crippen MR) is 64.5 cm³/mol. The highest BCUT2D eigenvalue weighted by molar-refractivity contribution is 7.18. The quantitative estimate of drug-likeness (QED) is 0.768. The van der Waals surface area contributed by atoms with Gasteiger partial charge in [-0.25, -0.2) is 0 Å². The highest BCUT2D eigenvalue weighted by Gasteiger charge is 2.23. The zero-order chi connectivity index (χ0) is 11.8. The smallest absolute Gasteiger partial charge is 0.235 e. The average molecular weight is 250 g/mol. The minimum Gasteiger partial charge on any atom is -0.292 e. The lowest BCUT2D eigenvalue weighted by atomic mass is 9.89. The Morgan fingerprint density at radius 1 is 1.29 bits per heavy atom. The molecule has 17 heavy (non-hydrogen) atoms. The Morgan fingerprint density at radius 2 is 2.06 bits per heavy atom. The molecule has 3 rings (SSSR count). The van der Waals surface area contributed by atoms with Crippen LogP contribution in [0.2, 0.25) is 0 Å². The van der Waals surface area contributed by atoms with Crippen LogP contribution in [0, 0.1) is 0 Å². The van der Waals surface area contributed by atoms with Crippen LogP contribution in [0.15, 0.2) is 0 Å². The van der Waals surface area contributed by atoms with Gasteiger partial charge in [-0.1, -0.05) is 30.6 Å². The summed E-state index contributed by atoms with van der Waals surface area (Å²) in [5.41, 5.74) is 0. The Morgan fingerprint density at radius 3 is 2.76 bits per heavy atom. The van der Waals surface area contributed by atoms with Crippen molar-refractivity contribution in [3.63, 3.8) is 0 Å². The fourth-order valence-electron chi connectivity index (χ4n) is 2.39. The number of aromatic nitrogens is 4. The van der Waals surface area contributed by atoms with Gasteiger partial charge in [0.1, 0.15) is 0 Å². The van der Waals surface area contributed by atoms with Crippen LogP contribution in [0.5, 0.6) is 0 Å². The Bertz CT molecular complexity index is 553. The first-order valence-corrected chi connectivity index (χ1v) is 6.80. The van der Waals surface area contributed by atoms with E-state index >= 15 is 0 Å². The SMILES string of the molecule is CC(=O)c1nn2c(C3CCCCC3)nnc2s1. The van der Waals surface area contributed by atoms with E-state index in [4.69, 9.17) is 0 Å². The number of Topliss-reactive ketones (excluding diaryl/α,β-unsaturated/α-hetero) is 1. The fraction of sp³-hybridized carbons (Fsp3) is 0.636. The van der Waals surface area contributed by atoms with Crippen LogP contribution in [0.3, 0.4) is 0 Å². The summed E-state index contributed by atoms with van der Waals surface area (Å²) in [5.74, 6) is 1.39. The summed E-state index contributed by atoms with van der Waals surface area (Å²) in [6.07, 6.45) is 6.14. The van der Waals surface area contributed by atoms with Crippen LogP contribution in [0.4, 0.5) is 0 Å². The standard InChI is InChI=1S/C11H14N4OS/c1-7(16)10-14-15-9(12-13-11(15)17-10)8-5-3-2-4-6-8/h8H,2-6H2,1H3. The van der Waals surface area contributed by atoms with Gasteiger partial charge in [-0.05, 0) is 12.8 Å². The third-order valence-corrected chi connectivity index (χ3v) is 4.29. The van der Waals surface area contributed by atoms with Crippen LogP contribution >= 0.6 is 11.3 Å². The number of hydrogen-bond acceptors (Lipinski definition) is 5. The predicted octanol–water partition coefficient (Wildman–Crippen LogP) is 2.44. The van der Waals surface area contributed by atoms with E-state index in [0.29, 0.717) is 10.9 Å². The van der Waals surface area contributed by atoms with Crippen molar-refractivity contribution in [2.24, 2.45) is 0 Å². The second kappa shape index (κ2) is 4.18. The van der Waals surface area contributed by atoms with Gasteiger partial charge in [0.15, 0.2) is 16.6 Å². The first kappa shape index (κ1) is 10.8. The van der Waals surface area contributed by atoms with Gasteiger partial charge in [0.05, 0.1) is 0 Å². The van der Waals surface area contributed by atoms with Crippen LogP contribution in [-0.2, 0) is 0 Å². The average Bonchev–Trinajstić information content (AvgIpc) is 2.89. The molecule has 1 fully saturated rings. The third kappa shape index (κ3) is 1.86. The largest absolute Gasteiger partial charge is 0.292 e. The second-order valence-corrected chi connectivity index (χ2v) is 5.51. The molecule has 2 heterocycles. The minimum absolute atomic E-state index is 0.00454. The van der Waals surface area contributed by atoms with Gasteiger partial charge in [-0.2, -0.15) is 4.52 Å². The number of carbonyl (C=O) groups is 1. The Kier molecular flexibility index (Phi) is 2.66. The van der Waals surface area contributed by atoms with Gasteiger partial charge in [-0.3, -0.25) is 4.79 Å². The van der Waals surface area contributed by atoms with Gasteiger partial charge < -0.3 is 0 Å². The number of rotatable bonds is 2. The molecule has 0 N–H and O–H groups in total. The van der Waals surface area contributed by atoms with Gasteiger partial charge >= 0.3 is 0 Å². The molecule has 2 aromatic rings. The molecular weight excluding hydrogens is 236 g/mol. The van der Waals surface area contributed by atoms with E-state index in [0.717, 1.165) is 23.6 Å². The highest BCUT2D eigenvalue weighted by Crippen LogP contribution is 2.32. The summed E-state index contributed by atoms with van der Waals surface area (Å²) >= 11 is 1.32. The van der Waals surface area contributed by atoms with E-state index in [1.54, 1.807) is 4.52 Å². The van der Waals surface area contributed by atoms with Crippen LogP contribution in [0.25, 0.3) is 4.96 Å². The Hall–Kier alpha value is -1.30. The second-order valence-electron chi connectivity index (χ2n) is 4.55. The van der Waals surface area contributed by atoms with Crippen molar-refractivity contribution < 1.29 is 4.79 Å². The summed E-state index contributed by atoms with van der Waals surface area (Å²) in [6, 6.07) is 0. The van der Waals surface area contributed by atoms with Crippen molar-refractivity contribution >= 4 is 22.1 Å². The summed E-state index contributed by atoms with van der Waals surface area (Å²) in [7, 11) is 0. The topological polar surface area (TPSA) is 60.2 Å². The van der Waals surface area contributed by atoms with E-state index in [1.807, 2.05) is 0 Å². The molecule has 0 unspecified atom stereocenters. The van der Waals surface area contributed by atoms with Gasteiger partial charge in [0, 0.05) is 12.8 Å². The molecule has 0 bridgehead atoms. The molecule has 0 amide bonds. The molecule has 0 atom stereocenters. The van der Waals surface area contributed by atoms with Crippen molar-refractivity contribution in [2.75, 3.05) is 0 Å². The summed E-state index contributed by atoms with van der Waals surface area (Å²) in [6.45, 7) is 1.53. The molecule has 5 nitrogen and oxygen atoms in total. The van der Waals surface area contributed by atoms with Crippen molar-refractivity contribution in [2.45, 2.75) is 44.9 Å². The first-order chi connectivity index (χ1) is 8.25. The Balaban J connectivity index is 2.00. The highest BCUT2D eigenvalue weighted by atomic mass is 32.1. The van der Waals surface area contributed by atoms with Gasteiger partial charge in [0.25, 0.3) is 0 Å². The van der Waals surface area contributed by atoms with Gasteiger partial charge in [0.2, 0.25) is 4.96 Å². The molecule has 1 aliphatic rings. The maximum absolute atomic E-state index is 11.3. The molecular formula is C11H14N4OS. The van der Waals surface area contributed by atoms with Gasteiger partial charge in [-0.15, -0.1) is 15.3 Å². The lowest BCUT2D eigenvalue weighted by Crippen LogP contribution is -2.09. The van der Waals surface area contributed by atoms with E-state index < -0.39 is 0 Å². The molecule has 1 aliphatic carbocycles. The molecule has 0 spiro atoms. The molecule has 90 valence electrons. The summed E-state index contributed by atoms with van der Waals surface area (Å²) in [4.78, 5) is 12.0. The maximum Gasteiger partial charge on any atom is 0.235 e. The number of carbonyl (C=O) groups excluding carboxylic acids is 1. The zero-order valence-electron chi connectivity index (χ0n) is 9.72. The number of fused-ring (bicyclic) bond motifs is 1. The van der Waals surface area contributed by atoms with Crippen LogP contribution in [-0.4, -0.2) is 25.6 Å². The van der Waals surface area contributed by atoms with Crippen molar-refractivity contribution in [1.82, 2.24) is 19.8 Å². The number of nitrogens with zero attached hydrogens (tertiary/aromatic N) is 4. The van der Waals surface area contributed by atoms with Crippen molar-refractivity contribution in [3.05, 3.63) is 10.8 Å². The lowest BCUT2D eigenvalue weighted by Gasteiger charge is -2.18. The summed E-state index contributed by atoms with van der Waals surface area (Å²) in [5, 5.41) is 13.2. The van der Waals surface area contributed by atoms with E-state index in [1.165, 1.54) is 37.5 Å². The number of ketones is 1. The van der Waals surface area contributed by atoms with Crippen LogP contribution < -0.4 is 0 Å². The molecule has 6 heteroatoms. The normalized spacial score (nSPS) is 17.7. The van der Waals surface area contributed by atoms with Crippen LogP contribution in [0.1, 0.15) is 60.6 Å². The molecule has 1 saturated carbocycles. The Labute approximate surface area is 103 Å². The van der Waals surface area contributed by atoms with Crippen molar-refractivity contribution in [3.8, 4) is 0 Å².